The van der Waals surface area contributed by atoms with Crippen LogP contribution in [-0.4, -0.2) is 56.7 Å². The molecule has 4 heterocycles. The summed E-state index contributed by atoms with van der Waals surface area (Å²) in [6.07, 6.45) is -5.20. The number of carbonyl (C=O) groups excluding carboxylic acids is 2. The fourth-order valence-corrected chi connectivity index (χ4v) is 4.64. The van der Waals surface area contributed by atoms with Gasteiger partial charge in [0.05, 0.1) is 29.9 Å². The summed E-state index contributed by atoms with van der Waals surface area (Å²) < 4.78 is 86.8. The van der Waals surface area contributed by atoms with Gasteiger partial charge >= 0.3 is 12.4 Å². The Kier molecular flexibility index (Phi) is 7.84. The number of aliphatic hydroxyl groups is 1. The van der Waals surface area contributed by atoms with Crippen LogP contribution in [0.25, 0.3) is 28.3 Å². The van der Waals surface area contributed by atoms with Crippen LogP contribution in [0, 0.1) is 0 Å². The summed E-state index contributed by atoms with van der Waals surface area (Å²) in [4.78, 5) is 33.7. The molecule has 44 heavy (non-hydrogen) atoms. The SMILES string of the molecule is Nc1ccc(C=CC(=O)NCc2cc3cc(-c4ccc(C(=O)N5CCC(O)(C(F)(F)F)C5)cn4)cc(C(F)(F)F)c3o2)cn1. The minimum atomic E-state index is -4.91. The molecule has 0 radical (unpaired) electrons. The Balaban J connectivity index is 1.33. The normalized spacial score (nSPS) is 17.5. The number of alkyl halides is 6. The third-order valence-electron chi connectivity index (χ3n) is 7.01. The van der Waals surface area contributed by atoms with Crippen LogP contribution in [0.4, 0.5) is 32.2 Å². The maximum absolute atomic E-state index is 14.0. The fraction of sp³-hybridized carbons (Fsp3) is 0.241. The molecule has 2 amide bonds. The molecule has 0 saturated carbocycles. The number of hydrogen-bond acceptors (Lipinski definition) is 7. The number of aromatic nitrogens is 2. The monoisotopic (exact) mass is 619 g/mol. The Morgan fingerprint density at radius 2 is 1.84 bits per heavy atom. The number of hydrogen-bond donors (Lipinski definition) is 3. The van der Waals surface area contributed by atoms with Gasteiger partial charge in [-0.25, -0.2) is 4.98 Å². The predicted octanol–water partition coefficient (Wildman–Crippen LogP) is 4.96. The highest BCUT2D eigenvalue weighted by Crippen LogP contribution is 2.40. The Hall–Kier alpha value is -4.92. The number of rotatable bonds is 6. The van der Waals surface area contributed by atoms with Crippen LogP contribution >= 0.6 is 0 Å². The number of likely N-dealkylation sites (tertiary alicyclic amines) is 1. The van der Waals surface area contributed by atoms with E-state index in [2.05, 4.69) is 15.3 Å². The Morgan fingerprint density at radius 1 is 1.07 bits per heavy atom. The molecule has 230 valence electrons. The van der Waals surface area contributed by atoms with E-state index in [9.17, 15) is 41.0 Å². The van der Waals surface area contributed by atoms with Crippen molar-refractivity contribution in [2.24, 2.45) is 0 Å². The summed E-state index contributed by atoms with van der Waals surface area (Å²) in [5.41, 5.74) is 1.55. The highest BCUT2D eigenvalue weighted by atomic mass is 19.4. The molecular formula is C29H23F6N5O4. The number of furan rings is 1. The number of nitrogen functional groups attached to an aromatic ring is 1. The molecule has 4 N–H and O–H groups in total. The highest BCUT2D eigenvalue weighted by molar-refractivity contribution is 5.95. The number of nitrogens with zero attached hydrogens (tertiary/aromatic N) is 3. The summed E-state index contributed by atoms with van der Waals surface area (Å²) in [6, 6.07) is 9.26. The van der Waals surface area contributed by atoms with Gasteiger partial charge in [-0.3, -0.25) is 14.6 Å². The molecule has 1 unspecified atom stereocenters. The summed E-state index contributed by atoms with van der Waals surface area (Å²) >= 11 is 0. The topological polar surface area (TPSA) is 135 Å². The van der Waals surface area contributed by atoms with Crippen molar-refractivity contribution < 1.29 is 45.5 Å². The standard InChI is InChI=1S/C29H23F6N5O4/c30-28(31,32)21-11-18(22-4-3-17(13-37-22)26(42)40-8-7-27(43,15-40)29(33,34)35)9-19-10-20(44-25(19)21)14-39-24(41)6-2-16-1-5-23(36)38-12-16/h1-6,9-13,43H,7-8,14-15H2,(H2,36,38)(H,39,41). The van der Waals surface area contributed by atoms with Crippen molar-refractivity contribution in [2.75, 3.05) is 18.8 Å². The van der Waals surface area contributed by atoms with E-state index in [0.717, 1.165) is 17.2 Å². The number of pyridine rings is 2. The molecular weight excluding hydrogens is 596 g/mol. The largest absolute Gasteiger partial charge is 0.459 e. The van der Waals surface area contributed by atoms with Gasteiger partial charge in [-0.05, 0) is 54.1 Å². The van der Waals surface area contributed by atoms with Crippen LogP contribution in [0.1, 0.15) is 33.7 Å². The van der Waals surface area contributed by atoms with Gasteiger partial charge in [-0.1, -0.05) is 0 Å². The number of halogens is 6. The zero-order chi connectivity index (χ0) is 31.9. The van der Waals surface area contributed by atoms with E-state index in [1.54, 1.807) is 12.1 Å². The molecule has 0 bridgehead atoms. The molecule has 1 saturated heterocycles. The number of β-amino-alcohol motifs (C(OH)–C–C–N with tert-alkyl or cyclic N) is 1. The molecule has 3 aromatic heterocycles. The minimum absolute atomic E-state index is 0.0351. The number of nitrogens with one attached hydrogen (secondary N) is 1. The molecule has 1 aliphatic heterocycles. The van der Waals surface area contributed by atoms with Gasteiger partial charge in [-0.2, -0.15) is 26.3 Å². The van der Waals surface area contributed by atoms with E-state index in [1.807, 2.05) is 0 Å². The lowest BCUT2D eigenvalue weighted by molar-refractivity contribution is -0.253. The van der Waals surface area contributed by atoms with Gasteiger partial charge in [0, 0.05) is 42.4 Å². The van der Waals surface area contributed by atoms with E-state index in [1.165, 1.54) is 42.6 Å². The number of anilines is 1. The number of benzene rings is 1. The Morgan fingerprint density at radius 3 is 2.45 bits per heavy atom. The van der Waals surface area contributed by atoms with Crippen LogP contribution < -0.4 is 11.1 Å². The van der Waals surface area contributed by atoms with Crippen LogP contribution in [0.5, 0.6) is 0 Å². The first-order valence-electron chi connectivity index (χ1n) is 13.0. The molecule has 1 fully saturated rings. The first-order chi connectivity index (χ1) is 20.6. The lowest BCUT2D eigenvalue weighted by Gasteiger charge is -2.25. The van der Waals surface area contributed by atoms with Gasteiger partial charge in [0.15, 0.2) is 5.60 Å². The first kappa shape index (κ1) is 30.5. The van der Waals surface area contributed by atoms with Gasteiger partial charge in [0.2, 0.25) is 5.91 Å². The Labute approximate surface area is 245 Å². The highest BCUT2D eigenvalue weighted by Gasteiger charge is 2.57. The van der Waals surface area contributed by atoms with Gasteiger partial charge in [-0.15, -0.1) is 0 Å². The quantitative estimate of drug-likeness (QED) is 0.205. The number of nitrogens with two attached hydrogens (primary N) is 1. The van der Waals surface area contributed by atoms with E-state index in [4.69, 9.17) is 10.2 Å². The van der Waals surface area contributed by atoms with Crippen molar-refractivity contribution in [1.29, 1.82) is 0 Å². The minimum Gasteiger partial charge on any atom is -0.459 e. The van der Waals surface area contributed by atoms with Crippen molar-refractivity contribution in [3.05, 3.63) is 83.4 Å². The van der Waals surface area contributed by atoms with Crippen LogP contribution in [0.3, 0.4) is 0 Å². The lowest BCUT2D eigenvalue weighted by atomic mass is 10.0. The van der Waals surface area contributed by atoms with Crippen LogP contribution in [-0.2, 0) is 17.5 Å². The van der Waals surface area contributed by atoms with Crippen molar-refractivity contribution in [1.82, 2.24) is 20.2 Å². The van der Waals surface area contributed by atoms with Crippen molar-refractivity contribution in [3.8, 4) is 11.3 Å². The summed E-state index contributed by atoms with van der Waals surface area (Å²) in [5, 5.41) is 12.4. The molecule has 1 aliphatic rings. The summed E-state index contributed by atoms with van der Waals surface area (Å²) in [5.74, 6) is -0.978. The second-order valence-corrected chi connectivity index (χ2v) is 10.2. The second kappa shape index (κ2) is 11.3. The predicted molar refractivity (Wildman–Crippen MR) is 146 cm³/mol. The maximum atomic E-state index is 14.0. The third kappa shape index (κ3) is 6.37. The number of amides is 2. The molecule has 15 heteroatoms. The van der Waals surface area contributed by atoms with Crippen LogP contribution in [0.2, 0.25) is 0 Å². The summed E-state index contributed by atoms with van der Waals surface area (Å²) in [7, 11) is 0. The number of fused-ring (bicyclic) bond motifs is 1. The van der Waals surface area contributed by atoms with E-state index >= 15 is 0 Å². The maximum Gasteiger partial charge on any atom is 0.420 e. The average Bonchev–Trinajstić information content (AvgIpc) is 3.58. The Bertz CT molecular complexity index is 1730. The number of carbonyl (C=O) groups is 2. The molecule has 4 aromatic rings. The van der Waals surface area contributed by atoms with Crippen molar-refractivity contribution >= 4 is 34.7 Å². The molecule has 1 atom stereocenters. The zero-order valence-electron chi connectivity index (χ0n) is 22.5. The summed E-state index contributed by atoms with van der Waals surface area (Å²) in [6.45, 7) is -1.48. The molecule has 0 spiro atoms. The van der Waals surface area contributed by atoms with Crippen molar-refractivity contribution in [2.45, 2.75) is 30.9 Å². The van der Waals surface area contributed by atoms with E-state index in [-0.39, 0.29) is 41.1 Å². The van der Waals surface area contributed by atoms with Gasteiger partial charge in [0.25, 0.3) is 5.91 Å². The second-order valence-electron chi connectivity index (χ2n) is 10.2. The van der Waals surface area contributed by atoms with Crippen LogP contribution in [0.15, 0.2) is 65.4 Å². The molecule has 1 aromatic carbocycles. The molecule has 9 nitrogen and oxygen atoms in total. The lowest BCUT2D eigenvalue weighted by Crippen LogP contribution is -2.48. The van der Waals surface area contributed by atoms with E-state index in [0.29, 0.717) is 11.4 Å². The molecule has 0 aliphatic carbocycles. The van der Waals surface area contributed by atoms with E-state index < -0.39 is 53.9 Å². The first-order valence-corrected chi connectivity index (χ1v) is 13.0. The average molecular weight is 620 g/mol. The van der Waals surface area contributed by atoms with Crippen molar-refractivity contribution in [3.63, 3.8) is 0 Å². The smallest absolute Gasteiger partial charge is 0.420 e. The fourth-order valence-electron chi connectivity index (χ4n) is 4.64. The van der Waals surface area contributed by atoms with Gasteiger partial charge in [0.1, 0.15) is 17.2 Å². The third-order valence-corrected chi connectivity index (χ3v) is 7.01. The van der Waals surface area contributed by atoms with Gasteiger partial charge < -0.3 is 25.5 Å². The molecule has 5 rings (SSSR count). The zero-order valence-corrected chi connectivity index (χ0v) is 22.5.